The molecule has 1 aliphatic carbocycles. The highest BCUT2D eigenvalue weighted by Crippen LogP contribution is 2.32. The number of hydrogen-bond donors (Lipinski definition) is 2. The van der Waals surface area contributed by atoms with Crippen LogP contribution in [-0.4, -0.2) is 11.8 Å². The summed E-state index contributed by atoms with van der Waals surface area (Å²) in [5, 5.41) is 0. The van der Waals surface area contributed by atoms with Crippen molar-refractivity contribution in [3.63, 3.8) is 0 Å². The van der Waals surface area contributed by atoms with Crippen LogP contribution >= 0.6 is 11.3 Å². The van der Waals surface area contributed by atoms with Gasteiger partial charge in [0.05, 0.1) is 11.3 Å². The molecule has 1 unspecified atom stereocenters. The van der Waals surface area contributed by atoms with Gasteiger partial charge in [0.15, 0.2) is 0 Å². The lowest BCUT2D eigenvalue weighted by Gasteiger charge is -2.16. The lowest BCUT2D eigenvalue weighted by atomic mass is 9.90. The second-order valence-corrected chi connectivity index (χ2v) is 7.35. The number of rotatable bonds is 3. The van der Waals surface area contributed by atoms with Gasteiger partial charge >= 0.3 is 0 Å². The van der Waals surface area contributed by atoms with E-state index in [1.165, 1.54) is 33.9 Å². The molecule has 6 heteroatoms. The minimum absolute atomic E-state index is 0.0104. The van der Waals surface area contributed by atoms with Crippen molar-refractivity contribution in [1.29, 1.82) is 0 Å². The average Bonchev–Trinajstić information content (AvgIpc) is 2.95. The maximum Gasteiger partial charge on any atom is 0.279 e. The summed E-state index contributed by atoms with van der Waals surface area (Å²) >= 11 is 1.49. The number of halogens is 1. The maximum atomic E-state index is 13.1. The van der Waals surface area contributed by atoms with E-state index in [-0.39, 0.29) is 24.1 Å². The molecule has 1 aromatic heterocycles. The largest absolute Gasteiger partial charge is 0.279 e. The Morgan fingerprint density at radius 1 is 1.29 bits per heavy atom. The summed E-state index contributed by atoms with van der Waals surface area (Å²) in [5.74, 6) is -0.435. The van der Waals surface area contributed by atoms with Gasteiger partial charge in [-0.2, -0.15) is 0 Å². The highest BCUT2D eigenvalue weighted by atomic mass is 32.1. The Morgan fingerprint density at radius 3 is 2.92 bits per heavy atom. The van der Waals surface area contributed by atoms with Crippen molar-refractivity contribution in [2.75, 3.05) is 0 Å². The molecule has 0 fully saturated rings. The SMILES string of the molecule is CC1CCc2sc(C(=O)NNC(=O)Cc3cccc(F)c3)cc2C1. The minimum atomic E-state index is -0.386. The van der Waals surface area contributed by atoms with E-state index >= 15 is 0 Å². The number of hydrazine groups is 1. The highest BCUT2D eigenvalue weighted by Gasteiger charge is 2.20. The first-order valence-corrected chi connectivity index (χ1v) is 8.78. The van der Waals surface area contributed by atoms with Gasteiger partial charge in [-0.3, -0.25) is 20.4 Å². The lowest BCUT2D eigenvalue weighted by Crippen LogP contribution is -2.42. The number of benzene rings is 1. The Hall–Kier alpha value is -2.21. The fraction of sp³-hybridized carbons (Fsp3) is 0.333. The molecule has 0 saturated carbocycles. The van der Waals surface area contributed by atoms with E-state index in [4.69, 9.17) is 0 Å². The molecule has 24 heavy (non-hydrogen) atoms. The van der Waals surface area contributed by atoms with Crippen molar-refractivity contribution in [3.8, 4) is 0 Å². The second kappa shape index (κ2) is 7.13. The number of thiophene rings is 1. The fourth-order valence-electron chi connectivity index (χ4n) is 2.88. The topological polar surface area (TPSA) is 58.2 Å². The first-order valence-electron chi connectivity index (χ1n) is 7.96. The molecule has 0 aliphatic heterocycles. The Bertz CT molecular complexity index is 772. The lowest BCUT2D eigenvalue weighted by molar-refractivity contribution is -0.121. The number of aryl methyl sites for hydroxylation is 1. The van der Waals surface area contributed by atoms with Crippen LogP contribution in [0.4, 0.5) is 4.39 Å². The number of hydrogen-bond acceptors (Lipinski definition) is 3. The third-order valence-corrected chi connectivity index (χ3v) is 5.36. The predicted octanol–water partition coefficient (Wildman–Crippen LogP) is 3.02. The maximum absolute atomic E-state index is 13.1. The molecule has 1 aromatic carbocycles. The van der Waals surface area contributed by atoms with Crippen molar-refractivity contribution in [1.82, 2.24) is 10.9 Å². The molecule has 0 saturated heterocycles. The van der Waals surface area contributed by atoms with Crippen molar-refractivity contribution in [2.45, 2.75) is 32.6 Å². The highest BCUT2D eigenvalue weighted by molar-refractivity contribution is 7.14. The smallest absolute Gasteiger partial charge is 0.273 e. The predicted molar refractivity (Wildman–Crippen MR) is 91.2 cm³/mol. The van der Waals surface area contributed by atoms with Crippen LogP contribution in [0.25, 0.3) is 0 Å². The summed E-state index contributed by atoms with van der Waals surface area (Å²) in [6, 6.07) is 7.76. The molecule has 0 spiro atoms. The van der Waals surface area contributed by atoms with Crippen LogP contribution in [0.3, 0.4) is 0 Å². The molecule has 1 aliphatic rings. The quantitative estimate of drug-likeness (QED) is 0.840. The van der Waals surface area contributed by atoms with Gasteiger partial charge in [-0.15, -0.1) is 11.3 Å². The molecule has 2 amide bonds. The van der Waals surface area contributed by atoms with E-state index in [1.54, 1.807) is 12.1 Å². The van der Waals surface area contributed by atoms with Crippen LogP contribution in [0, 0.1) is 11.7 Å². The number of carbonyl (C=O) groups excluding carboxylic acids is 2. The van der Waals surface area contributed by atoms with E-state index < -0.39 is 0 Å². The molecule has 2 N–H and O–H groups in total. The number of nitrogens with one attached hydrogen (secondary N) is 2. The number of amides is 2. The third kappa shape index (κ3) is 4.00. The molecular formula is C18H19FN2O2S. The summed E-state index contributed by atoms with van der Waals surface area (Å²) in [5.41, 5.74) is 6.62. The minimum Gasteiger partial charge on any atom is -0.273 e. The summed E-state index contributed by atoms with van der Waals surface area (Å²) < 4.78 is 13.1. The molecular weight excluding hydrogens is 327 g/mol. The van der Waals surface area contributed by atoms with Gasteiger partial charge in [-0.05, 0) is 54.5 Å². The van der Waals surface area contributed by atoms with Crippen LogP contribution in [-0.2, 0) is 24.1 Å². The summed E-state index contributed by atoms with van der Waals surface area (Å²) in [7, 11) is 0. The van der Waals surface area contributed by atoms with Crippen LogP contribution in [0.15, 0.2) is 30.3 Å². The van der Waals surface area contributed by atoms with E-state index in [9.17, 15) is 14.0 Å². The van der Waals surface area contributed by atoms with Gasteiger partial charge in [0.1, 0.15) is 5.82 Å². The monoisotopic (exact) mass is 346 g/mol. The van der Waals surface area contributed by atoms with Gasteiger partial charge < -0.3 is 0 Å². The Labute approximate surface area is 144 Å². The van der Waals surface area contributed by atoms with E-state index in [0.29, 0.717) is 16.4 Å². The van der Waals surface area contributed by atoms with Crippen LogP contribution in [0.5, 0.6) is 0 Å². The van der Waals surface area contributed by atoms with Crippen molar-refractivity contribution in [2.24, 2.45) is 5.92 Å². The van der Waals surface area contributed by atoms with Gasteiger partial charge in [0.25, 0.3) is 5.91 Å². The Balaban J connectivity index is 1.55. The molecule has 126 valence electrons. The fourth-order valence-corrected chi connectivity index (χ4v) is 3.99. The van der Waals surface area contributed by atoms with Crippen molar-refractivity contribution in [3.05, 3.63) is 57.0 Å². The molecule has 3 rings (SSSR count). The third-order valence-electron chi connectivity index (χ3n) is 4.12. The average molecular weight is 346 g/mol. The summed E-state index contributed by atoms with van der Waals surface area (Å²) in [6.07, 6.45) is 3.18. The van der Waals surface area contributed by atoms with Gasteiger partial charge in [-0.1, -0.05) is 19.1 Å². The molecule has 1 atom stereocenters. The van der Waals surface area contributed by atoms with E-state index in [1.807, 2.05) is 6.07 Å². The van der Waals surface area contributed by atoms with Gasteiger partial charge in [-0.25, -0.2) is 4.39 Å². The molecule has 0 radical (unpaired) electrons. The molecule has 1 heterocycles. The zero-order chi connectivity index (χ0) is 17.1. The first kappa shape index (κ1) is 16.6. The Morgan fingerprint density at radius 2 is 2.12 bits per heavy atom. The van der Waals surface area contributed by atoms with Gasteiger partial charge in [0.2, 0.25) is 5.91 Å². The van der Waals surface area contributed by atoms with E-state index in [2.05, 4.69) is 17.8 Å². The normalized spacial score (nSPS) is 16.3. The van der Waals surface area contributed by atoms with Crippen LogP contribution in [0.1, 0.15) is 39.0 Å². The van der Waals surface area contributed by atoms with Crippen molar-refractivity contribution < 1.29 is 14.0 Å². The summed E-state index contributed by atoms with van der Waals surface area (Å²) in [6.45, 7) is 2.22. The molecule has 2 aromatic rings. The van der Waals surface area contributed by atoms with Crippen molar-refractivity contribution >= 4 is 23.2 Å². The van der Waals surface area contributed by atoms with Gasteiger partial charge in [0, 0.05) is 4.88 Å². The van der Waals surface area contributed by atoms with Crippen LogP contribution in [0.2, 0.25) is 0 Å². The Kier molecular flexibility index (Phi) is 4.94. The standard InChI is InChI=1S/C18H19FN2O2S/c1-11-5-6-15-13(7-11)10-16(24-15)18(23)21-20-17(22)9-12-3-2-4-14(19)8-12/h2-4,8,10-11H,5-7,9H2,1H3,(H,20,22)(H,21,23). The van der Waals surface area contributed by atoms with E-state index in [0.717, 1.165) is 19.3 Å². The zero-order valence-electron chi connectivity index (χ0n) is 13.4. The second-order valence-electron chi connectivity index (χ2n) is 6.22. The number of fused-ring (bicyclic) bond motifs is 1. The summed E-state index contributed by atoms with van der Waals surface area (Å²) in [4.78, 5) is 25.9. The zero-order valence-corrected chi connectivity index (χ0v) is 14.2. The first-order chi connectivity index (χ1) is 11.5. The number of carbonyl (C=O) groups is 2. The molecule has 0 bridgehead atoms. The molecule has 4 nitrogen and oxygen atoms in total. The van der Waals surface area contributed by atoms with Crippen LogP contribution < -0.4 is 10.9 Å².